The van der Waals surface area contributed by atoms with E-state index in [2.05, 4.69) is 48.0 Å². The maximum atomic E-state index is 3.69. The van der Waals surface area contributed by atoms with Crippen LogP contribution in [0.15, 0.2) is 41.3 Å². The van der Waals surface area contributed by atoms with Gasteiger partial charge in [0.2, 0.25) is 0 Å². The largest absolute Gasteiger partial charge is 0.307 e. The van der Waals surface area contributed by atoms with Crippen molar-refractivity contribution in [1.29, 1.82) is 0 Å². The van der Waals surface area contributed by atoms with E-state index in [9.17, 15) is 0 Å². The van der Waals surface area contributed by atoms with Crippen molar-refractivity contribution >= 4 is 21.4 Å². The van der Waals surface area contributed by atoms with Crippen molar-refractivity contribution in [3.8, 4) is 0 Å². The lowest BCUT2D eigenvalue weighted by molar-refractivity contribution is 0.567. The number of rotatable bonds is 4. The highest BCUT2D eigenvalue weighted by Gasteiger charge is 2.20. The Bertz CT molecular complexity index is 582. The van der Waals surface area contributed by atoms with Gasteiger partial charge in [0.1, 0.15) is 0 Å². The van der Waals surface area contributed by atoms with Crippen molar-refractivity contribution in [3.05, 3.63) is 46.9 Å². The van der Waals surface area contributed by atoms with Crippen LogP contribution < -0.4 is 5.32 Å². The normalized spacial score (nSPS) is 17.4. The van der Waals surface area contributed by atoms with Gasteiger partial charge in [0.05, 0.1) is 6.04 Å². The third kappa shape index (κ3) is 2.60. The molecule has 0 bridgehead atoms. The molecule has 1 nitrogen and oxygen atoms in total. The number of nitrogens with one attached hydrogen (secondary N) is 1. The molecule has 1 heterocycles. The van der Waals surface area contributed by atoms with Crippen molar-refractivity contribution in [2.45, 2.75) is 38.6 Å². The SMILES string of the molecule is CCNC(C1=CCCCC1)c1csc2ccccc12. The molecule has 1 unspecified atom stereocenters. The fourth-order valence-corrected chi connectivity index (χ4v) is 3.98. The predicted octanol–water partition coefficient (Wildman–Crippen LogP) is 5.05. The Kier molecular flexibility index (Phi) is 4.00. The first-order chi connectivity index (χ1) is 9.40. The number of hydrogen-bond donors (Lipinski definition) is 1. The van der Waals surface area contributed by atoms with E-state index in [0.717, 1.165) is 6.54 Å². The molecule has 100 valence electrons. The summed E-state index contributed by atoms with van der Waals surface area (Å²) in [5.74, 6) is 0. The summed E-state index contributed by atoms with van der Waals surface area (Å²) in [4.78, 5) is 0. The maximum Gasteiger partial charge on any atom is 0.0550 e. The number of hydrogen-bond acceptors (Lipinski definition) is 2. The molecule has 2 aromatic rings. The number of allylic oxidation sites excluding steroid dienone is 1. The topological polar surface area (TPSA) is 12.0 Å². The van der Waals surface area contributed by atoms with E-state index < -0.39 is 0 Å². The summed E-state index contributed by atoms with van der Waals surface area (Å²) in [6, 6.07) is 9.18. The maximum absolute atomic E-state index is 3.69. The molecule has 1 aliphatic rings. The third-order valence-electron chi connectivity index (χ3n) is 3.93. The highest BCUT2D eigenvalue weighted by Crippen LogP contribution is 2.36. The number of benzene rings is 1. The number of fused-ring (bicyclic) bond motifs is 1. The molecular weight excluding hydrogens is 250 g/mol. The van der Waals surface area contributed by atoms with Crippen LogP contribution in [0.5, 0.6) is 0 Å². The summed E-state index contributed by atoms with van der Waals surface area (Å²) in [6.07, 6.45) is 7.66. The summed E-state index contributed by atoms with van der Waals surface area (Å²) < 4.78 is 1.40. The van der Waals surface area contributed by atoms with Gasteiger partial charge in [0.25, 0.3) is 0 Å². The molecule has 3 rings (SSSR count). The van der Waals surface area contributed by atoms with Gasteiger partial charge in [-0.15, -0.1) is 11.3 Å². The van der Waals surface area contributed by atoms with Crippen LogP contribution in [0.2, 0.25) is 0 Å². The fraction of sp³-hybridized carbons (Fsp3) is 0.412. The first-order valence-corrected chi connectivity index (χ1v) is 8.16. The Morgan fingerprint density at radius 2 is 2.16 bits per heavy atom. The average molecular weight is 271 g/mol. The molecule has 0 saturated heterocycles. The summed E-state index contributed by atoms with van der Waals surface area (Å²) in [5, 5.41) is 7.45. The molecular formula is C17H21NS. The molecule has 0 saturated carbocycles. The molecule has 0 aliphatic heterocycles. The van der Waals surface area contributed by atoms with Gasteiger partial charge in [-0.1, -0.05) is 36.8 Å². The Labute approximate surface area is 119 Å². The molecule has 0 fully saturated rings. The van der Waals surface area contributed by atoms with Gasteiger partial charge in [-0.25, -0.2) is 0 Å². The van der Waals surface area contributed by atoms with Crippen LogP contribution in [0.4, 0.5) is 0 Å². The van der Waals surface area contributed by atoms with Gasteiger partial charge in [-0.2, -0.15) is 0 Å². The molecule has 2 heteroatoms. The Morgan fingerprint density at radius 1 is 1.26 bits per heavy atom. The molecule has 1 aromatic carbocycles. The second-order valence-corrected chi connectivity index (χ2v) is 6.11. The first kappa shape index (κ1) is 12.9. The number of thiophene rings is 1. The van der Waals surface area contributed by atoms with Crippen LogP contribution >= 0.6 is 11.3 Å². The van der Waals surface area contributed by atoms with E-state index in [1.165, 1.54) is 41.3 Å². The Hall–Kier alpha value is -1.12. The molecule has 19 heavy (non-hydrogen) atoms. The molecule has 1 aliphatic carbocycles. The third-order valence-corrected chi connectivity index (χ3v) is 4.91. The van der Waals surface area contributed by atoms with E-state index in [0.29, 0.717) is 6.04 Å². The quantitative estimate of drug-likeness (QED) is 0.767. The summed E-state index contributed by atoms with van der Waals surface area (Å²) in [6.45, 7) is 3.22. The minimum Gasteiger partial charge on any atom is -0.307 e. The van der Waals surface area contributed by atoms with Crippen LogP contribution in [-0.2, 0) is 0 Å². The van der Waals surface area contributed by atoms with Gasteiger partial charge in [0.15, 0.2) is 0 Å². The zero-order valence-electron chi connectivity index (χ0n) is 11.5. The van der Waals surface area contributed by atoms with Crippen molar-refractivity contribution in [1.82, 2.24) is 5.32 Å². The van der Waals surface area contributed by atoms with Crippen LogP contribution in [0, 0.1) is 0 Å². The number of likely N-dealkylation sites (N-methyl/N-ethyl adjacent to an activating group) is 1. The average Bonchev–Trinajstić information content (AvgIpc) is 2.89. The van der Waals surface area contributed by atoms with Crippen LogP contribution in [0.1, 0.15) is 44.2 Å². The van der Waals surface area contributed by atoms with E-state index in [-0.39, 0.29) is 0 Å². The lowest BCUT2D eigenvalue weighted by Gasteiger charge is -2.24. The van der Waals surface area contributed by atoms with Gasteiger partial charge in [-0.3, -0.25) is 0 Å². The zero-order valence-corrected chi connectivity index (χ0v) is 12.3. The monoisotopic (exact) mass is 271 g/mol. The summed E-state index contributed by atoms with van der Waals surface area (Å²) in [7, 11) is 0. The summed E-state index contributed by atoms with van der Waals surface area (Å²) >= 11 is 1.86. The minimum atomic E-state index is 0.418. The lowest BCUT2D eigenvalue weighted by Crippen LogP contribution is -2.23. The Morgan fingerprint density at radius 3 is 2.95 bits per heavy atom. The van der Waals surface area contributed by atoms with Crippen molar-refractivity contribution in [2.24, 2.45) is 0 Å². The minimum absolute atomic E-state index is 0.418. The first-order valence-electron chi connectivity index (χ1n) is 7.28. The molecule has 1 atom stereocenters. The van der Waals surface area contributed by atoms with Crippen LogP contribution in [0.3, 0.4) is 0 Å². The van der Waals surface area contributed by atoms with Gasteiger partial charge < -0.3 is 5.32 Å². The van der Waals surface area contributed by atoms with Gasteiger partial charge in [-0.05, 0) is 54.6 Å². The fourth-order valence-electron chi connectivity index (χ4n) is 2.99. The van der Waals surface area contributed by atoms with Gasteiger partial charge in [0, 0.05) is 4.70 Å². The molecule has 1 aromatic heterocycles. The van der Waals surface area contributed by atoms with Crippen LogP contribution in [0.25, 0.3) is 10.1 Å². The van der Waals surface area contributed by atoms with Crippen molar-refractivity contribution in [2.75, 3.05) is 6.54 Å². The second-order valence-electron chi connectivity index (χ2n) is 5.20. The molecule has 0 radical (unpaired) electrons. The lowest BCUT2D eigenvalue weighted by atomic mass is 9.89. The van der Waals surface area contributed by atoms with Crippen LogP contribution in [-0.4, -0.2) is 6.54 Å². The van der Waals surface area contributed by atoms with Gasteiger partial charge >= 0.3 is 0 Å². The van der Waals surface area contributed by atoms with E-state index in [1.54, 1.807) is 5.57 Å². The predicted molar refractivity (Wildman–Crippen MR) is 84.8 cm³/mol. The van der Waals surface area contributed by atoms with E-state index in [4.69, 9.17) is 0 Å². The summed E-state index contributed by atoms with van der Waals surface area (Å²) in [5.41, 5.74) is 3.06. The zero-order chi connectivity index (χ0) is 13.1. The molecule has 0 amide bonds. The highest BCUT2D eigenvalue weighted by atomic mass is 32.1. The van der Waals surface area contributed by atoms with Crippen molar-refractivity contribution in [3.63, 3.8) is 0 Å². The highest BCUT2D eigenvalue weighted by molar-refractivity contribution is 7.17. The molecule has 1 N–H and O–H groups in total. The molecule has 0 spiro atoms. The second kappa shape index (κ2) is 5.89. The van der Waals surface area contributed by atoms with E-state index in [1.807, 2.05) is 11.3 Å². The Balaban J connectivity index is 2.01. The van der Waals surface area contributed by atoms with Crippen molar-refractivity contribution < 1.29 is 0 Å². The van der Waals surface area contributed by atoms with E-state index >= 15 is 0 Å². The standard InChI is InChI=1S/C17H21NS/c1-2-18-17(13-8-4-3-5-9-13)15-12-19-16-11-7-6-10-14(15)16/h6-8,10-12,17-18H,2-5,9H2,1H3. The smallest absolute Gasteiger partial charge is 0.0550 e.